The van der Waals surface area contributed by atoms with Gasteiger partial charge in [0.05, 0.1) is 5.54 Å². The van der Waals surface area contributed by atoms with Crippen LogP contribution >= 0.6 is 11.3 Å². The largest absolute Gasteiger partial charge is 0.308 e. The molecule has 0 aromatic carbocycles. The molecule has 0 bridgehead atoms. The molecule has 0 saturated heterocycles. The minimum atomic E-state index is 0.0869. The van der Waals surface area contributed by atoms with E-state index in [4.69, 9.17) is 0 Å². The molecular weight excluding hydrogens is 204 g/mol. The Kier molecular flexibility index (Phi) is 4.74. The van der Waals surface area contributed by atoms with E-state index in [9.17, 15) is 0 Å². The van der Waals surface area contributed by atoms with E-state index in [0.29, 0.717) is 0 Å². The minimum absolute atomic E-state index is 0.0869. The molecule has 1 N–H and O–H groups in total. The summed E-state index contributed by atoms with van der Waals surface area (Å²) in [6, 6.07) is 0. The molecule has 1 aromatic heterocycles. The van der Waals surface area contributed by atoms with Gasteiger partial charge < -0.3 is 5.32 Å². The molecular formula is C12H22N2S. The highest BCUT2D eigenvalue weighted by molar-refractivity contribution is 7.09. The first kappa shape index (κ1) is 12.7. The molecule has 0 aliphatic rings. The highest BCUT2D eigenvalue weighted by Gasteiger charge is 2.32. The Morgan fingerprint density at radius 1 is 1.53 bits per heavy atom. The Labute approximate surface area is 97.1 Å². The zero-order valence-corrected chi connectivity index (χ0v) is 11.0. The molecule has 1 rings (SSSR count). The Morgan fingerprint density at radius 3 is 2.67 bits per heavy atom. The zero-order valence-electron chi connectivity index (χ0n) is 10.2. The Hall–Kier alpha value is -0.410. The number of nitrogens with one attached hydrogen (secondary N) is 1. The van der Waals surface area contributed by atoms with Crippen LogP contribution in [0.4, 0.5) is 0 Å². The monoisotopic (exact) mass is 226 g/mol. The maximum absolute atomic E-state index is 4.47. The van der Waals surface area contributed by atoms with Crippen molar-refractivity contribution in [1.82, 2.24) is 10.3 Å². The fourth-order valence-corrected chi connectivity index (χ4v) is 2.90. The average Bonchev–Trinajstić information content (AvgIpc) is 2.79. The van der Waals surface area contributed by atoms with E-state index in [2.05, 4.69) is 36.5 Å². The van der Waals surface area contributed by atoms with Crippen molar-refractivity contribution in [3.05, 3.63) is 16.6 Å². The van der Waals surface area contributed by atoms with Crippen molar-refractivity contribution in [3.63, 3.8) is 0 Å². The summed E-state index contributed by atoms with van der Waals surface area (Å²) in [7, 11) is 2.05. The summed E-state index contributed by atoms with van der Waals surface area (Å²) in [5.74, 6) is 0.737. The number of nitrogens with zero attached hydrogens (tertiary/aromatic N) is 1. The number of hydrogen-bond donors (Lipinski definition) is 1. The molecule has 0 spiro atoms. The van der Waals surface area contributed by atoms with Crippen molar-refractivity contribution in [3.8, 4) is 0 Å². The summed E-state index contributed by atoms with van der Waals surface area (Å²) in [6.07, 6.45) is 5.40. The van der Waals surface area contributed by atoms with Gasteiger partial charge in [-0.2, -0.15) is 0 Å². The van der Waals surface area contributed by atoms with Crippen LogP contribution in [0.3, 0.4) is 0 Å². The summed E-state index contributed by atoms with van der Waals surface area (Å²) in [4.78, 5) is 4.47. The predicted octanol–water partition coefficient (Wildman–Crippen LogP) is 3.40. The lowest BCUT2D eigenvalue weighted by Gasteiger charge is -2.33. The third-order valence-electron chi connectivity index (χ3n) is 3.32. The average molecular weight is 226 g/mol. The summed E-state index contributed by atoms with van der Waals surface area (Å²) in [5.41, 5.74) is 0.0869. The molecule has 86 valence electrons. The molecule has 0 fully saturated rings. The second-order valence-electron chi connectivity index (χ2n) is 4.24. The fraction of sp³-hybridized carbons (Fsp3) is 0.750. The summed E-state index contributed by atoms with van der Waals surface area (Å²) < 4.78 is 0. The van der Waals surface area contributed by atoms with Crippen molar-refractivity contribution in [1.29, 1.82) is 0 Å². The van der Waals surface area contributed by atoms with E-state index in [1.807, 2.05) is 13.2 Å². The van der Waals surface area contributed by atoms with E-state index < -0.39 is 0 Å². The number of rotatable bonds is 6. The van der Waals surface area contributed by atoms with Gasteiger partial charge in [-0.15, -0.1) is 11.3 Å². The number of aromatic nitrogens is 1. The highest BCUT2D eigenvalue weighted by atomic mass is 32.1. The number of thiazole rings is 1. The topological polar surface area (TPSA) is 24.9 Å². The lowest BCUT2D eigenvalue weighted by atomic mass is 9.85. The van der Waals surface area contributed by atoms with E-state index in [-0.39, 0.29) is 5.54 Å². The second-order valence-corrected chi connectivity index (χ2v) is 5.14. The summed E-state index contributed by atoms with van der Waals surface area (Å²) in [6.45, 7) is 6.80. The van der Waals surface area contributed by atoms with Crippen LogP contribution in [0.2, 0.25) is 0 Å². The molecule has 15 heavy (non-hydrogen) atoms. The van der Waals surface area contributed by atoms with Gasteiger partial charge >= 0.3 is 0 Å². The van der Waals surface area contributed by atoms with Crippen molar-refractivity contribution in [2.75, 3.05) is 7.05 Å². The smallest absolute Gasteiger partial charge is 0.113 e. The van der Waals surface area contributed by atoms with E-state index >= 15 is 0 Å². The molecule has 0 radical (unpaired) electrons. The van der Waals surface area contributed by atoms with E-state index in [1.54, 1.807) is 11.3 Å². The molecule has 0 amide bonds. The predicted molar refractivity (Wildman–Crippen MR) is 67.2 cm³/mol. The van der Waals surface area contributed by atoms with Crippen molar-refractivity contribution in [2.45, 2.75) is 45.6 Å². The lowest BCUT2D eigenvalue weighted by molar-refractivity contribution is 0.266. The van der Waals surface area contributed by atoms with E-state index in [1.165, 1.54) is 17.8 Å². The van der Waals surface area contributed by atoms with Crippen LogP contribution in [0.1, 0.15) is 45.0 Å². The van der Waals surface area contributed by atoms with Crippen molar-refractivity contribution < 1.29 is 0 Å². The van der Waals surface area contributed by atoms with Gasteiger partial charge in [-0.25, -0.2) is 4.98 Å². The molecule has 2 unspecified atom stereocenters. The molecule has 0 saturated carbocycles. The molecule has 1 aromatic rings. The normalized spacial score (nSPS) is 17.3. The molecule has 2 nitrogen and oxygen atoms in total. The van der Waals surface area contributed by atoms with Gasteiger partial charge in [-0.05, 0) is 25.8 Å². The maximum atomic E-state index is 4.47. The first-order chi connectivity index (χ1) is 7.18. The third kappa shape index (κ3) is 2.79. The summed E-state index contributed by atoms with van der Waals surface area (Å²) in [5, 5.41) is 6.77. The van der Waals surface area contributed by atoms with E-state index in [0.717, 1.165) is 12.3 Å². The second kappa shape index (κ2) is 5.61. The zero-order chi connectivity index (χ0) is 11.3. The minimum Gasteiger partial charge on any atom is -0.308 e. The summed E-state index contributed by atoms with van der Waals surface area (Å²) >= 11 is 1.76. The molecule has 1 heterocycles. The Balaban J connectivity index is 2.87. The lowest BCUT2D eigenvalue weighted by Crippen LogP contribution is -2.40. The van der Waals surface area contributed by atoms with Crippen LogP contribution in [0.25, 0.3) is 0 Å². The van der Waals surface area contributed by atoms with Gasteiger partial charge in [0.15, 0.2) is 0 Å². The van der Waals surface area contributed by atoms with Crippen LogP contribution in [0, 0.1) is 5.92 Å². The van der Waals surface area contributed by atoms with Gasteiger partial charge in [0.1, 0.15) is 5.01 Å². The van der Waals surface area contributed by atoms with Crippen LogP contribution < -0.4 is 5.32 Å². The van der Waals surface area contributed by atoms with Gasteiger partial charge in [-0.3, -0.25) is 0 Å². The van der Waals surface area contributed by atoms with Crippen LogP contribution in [0.15, 0.2) is 11.6 Å². The van der Waals surface area contributed by atoms with Crippen LogP contribution in [-0.4, -0.2) is 12.0 Å². The fourth-order valence-electron chi connectivity index (χ4n) is 1.97. The SMILES string of the molecule is CCC(C)CC(CC)(NC)c1nccs1. The van der Waals surface area contributed by atoms with Gasteiger partial charge in [-0.1, -0.05) is 27.2 Å². The van der Waals surface area contributed by atoms with Gasteiger partial charge in [0, 0.05) is 11.6 Å². The Morgan fingerprint density at radius 2 is 2.27 bits per heavy atom. The quantitative estimate of drug-likeness (QED) is 0.804. The first-order valence-corrected chi connectivity index (χ1v) is 6.65. The van der Waals surface area contributed by atoms with Gasteiger partial charge in [0.2, 0.25) is 0 Å². The molecule has 3 heteroatoms. The maximum Gasteiger partial charge on any atom is 0.113 e. The Bertz CT molecular complexity index is 265. The molecule has 0 aliphatic carbocycles. The van der Waals surface area contributed by atoms with Gasteiger partial charge in [0.25, 0.3) is 0 Å². The third-order valence-corrected chi connectivity index (χ3v) is 4.29. The molecule has 0 aliphatic heterocycles. The number of hydrogen-bond acceptors (Lipinski definition) is 3. The van der Waals surface area contributed by atoms with Crippen molar-refractivity contribution in [2.24, 2.45) is 5.92 Å². The van der Waals surface area contributed by atoms with Crippen molar-refractivity contribution >= 4 is 11.3 Å². The molecule has 2 atom stereocenters. The van der Waals surface area contributed by atoms with Crippen LogP contribution in [0.5, 0.6) is 0 Å². The first-order valence-electron chi connectivity index (χ1n) is 5.77. The highest BCUT2D eigenvalue weighted by Crippen LogP contribution is 2.33. The van der Waals surface area contributed by atoms with Crippen LogP contribution in [-0.2, 0) is 5.54 Å². The standard InChI is InChI=1S/C12H22N2S/c1-5-10(3)9-12(6-2,13-4)11-14-7-8-15-11/h7-8,10,13H,5-6,9H2,1-4H3.